The van der Waals surface area contributed by atoms with E-state index in [0.717, 1.165) is 47.7 Å². The number of aryl methyl sites for hydroxylation is 1. The van der Waals surface area contributed by atoms with Crippen molar-refractivity contribution in [3.05, 3.63) is 82.3 Å². The maximum absolute atomic E-state index is 13.2. The normalized spacial score (nSPS) is 17.3. The van der Waals surface area contributed by atoms with Gasteiger partial charge in [0, 0.05) is 12.7 Å². The van der Waals surface area contributed by atoms with Crippen LogP contribution in [0.1, 0.15) is 42.9 Å². The molecule has 0 saturated carbocycles. The van der Waals surface area contributed by atoms with Gasteiger partial charge in [0.05, 0.1) is 5.02 Å². The van der Waals surface area contributed by atoms with E-state index in [1.165, 1.54) is 12.1 Å². The third-order valence-electron chi connectivity index (χ3n) is 6.00. The highest BCUT2D eigenvalue weighted by Gasteiger charge is 2.35. The number of benzene rings is 2. The zero-order chi connectivity index (χ0) is 25.8. The van der Waals surface area contributed by atoms with Gasteiger partial charge in [-0.2, -0.15) is 13.2 Å². The first-order chi connectivity index (χ1) is 17.1. The Morgan fingerprint density at radius 3 is 2.67 bits per heavy atom. The quantitative estimate of drug-likeness (QED) is 0.180. The molecule has 2 N–H and O–H groups in total. The molecule has 0 spiro atoms. The molecule has 1 aliphatic rings. The fourth-order valence-corrected chi connectivity index (χ4v) is 4.19. The van der Waals surface area contributed by atoms with Crippen molar-refractivity contribution in [2.75, 3.05) is 12.0 Å². The van der Waals surface area contributed by atoms with E-state index >= 15 is 0 Å². The lowest BCUT2D eigenvalue weighted by Crippen LogP contribution is -2.37. The summed E-state index contributed by atoms with van der Waals surface area (Å²) in [6, 6.07) is 12.7. The first kappa shape index (κ1) is 26.0. The molecule has 0 amide bonds. The molecule has 0 radical (unpaired) electrons. The molecule has 10 heteroatoms. The summed E-state index contributed by atoms with van der Waals surface area (Å²) in [6.45, 7) is 2.79. The molecule has 36 heavy (non-hydrogen) atoms. The molecule has 0 aliphatic carbocycles. The Balaban J connectivity index is 1.25. The van der Waals surface area contributed by atoms with Crippen LogP contribution in [0.25, 0.3) is 0 Å². The summed E-state index contributed by atoms with van der Waals surface area (Å²) in [5.74, 6) is 0.908. The Hall–Kier alpha value is -3.04. The summed E-state index contributed by atoms with van der Waals surface area (Å²) < 4.78 is 64.7. The van der Waals surface area contributed by atoms with Crippen LogP contribution >= 0.6 is 11.6 Å². The minimum Gasteiger partial charge on any atom is -0.489 e. The molecule has 4 rings (SSSR count). The standard InChI is InChI=1S/C26H26ClF4N3O2/c1-25(10-2-12-33-34-24-22(26(29,30)31)14-19(27)15-32-24)11-9-18-13-21(7-8-23(18)36-25)35-16-17-3-5-20(28)6-4-17/h3-8,13-15,33H,2,9-12,16H2,1H3,(H,32,34). The van der Waals surface area contributed by atoms with E-state index in [1.54, 1.807) is 12.1 Å². The number of halogens is 5. The number of nitrogens with zero attached hydrogens (tertiary/aromatic N) is 1. The lowest BCUT2D eigenvalue weighted by molar-refractivity contribution is -0.137. The van der Waals surface area contributed by atoms with E-state index < -0.39 is 11.7 Å². The number of nitrogens with one attached hydrogen (secondary N) is 2. The van der Waals surface area contributed by atoms with Gasteiger partial charge in [-0.3, -0.25) is 0 Å². The molecular weight excluding hydrogens is 498 g/mol. The Bertz CT molecular complexity index is 1190. The number of rotatable bonds is 9. The molecule has 0 bridgehead atoms. The zero-order valence-electron chi connectivity index (χ0n) is 19.6. The highest BCUT2D eigenvalue weighted by molar-refractivity contribution is 6.30. The number of hydrogen-bond acceptors (Lipinski definition) is 5. The van der Waals surface area contributed by atoms with Crippen LogP contribution in [0.3, 0.4) is 0 Å². The van der Waals surface area contributed by atoms with Gasteiger partial charge in [0.15, 0.2) is 5.82 Å². The molecule has 1 aromatic heterocycles. The zero-order valence-corrected chi connectivity index (χ0v) is 20.3. The number of hydrazine groups is 1. The lowest BCUT2D eigenvalue weighted by atomic mass is 9.89. The average molecular weight is 524 g/mol. The lowest BCUT2D eigenvalue weighted by Gasteiger charge is -2.36. The van der Waals surface area contributed by atoms with Gasteiger partial charge in [-0.05, 0) is 80.1 Å². The predicted molar refractivity (Wildman–Crippen MR) is 130 cm³/mol. The Labute approximate surface area is 211 Å². The number of fused-ring (bicyclic) bond motifs is 1. The molecule has 1 unspecified atom stereocenters. The minimum atomic E-state index is -4.56. The van der Waals surface area contributed by atoms with Gasteiger partial charge >= 0.3 is 6.18 Å². The van der Waals surface area contributed by atoms with Crippen LogP contribution in [-0.2, 0) is 19.2 Å². The number of aromatic nitrogens is 1. The van der Waals surface area contributed by atoms with Gasteiger partial charge < -0.3 is 14.9 Å². The molecule has 1 aliphatic heterocycles. The van der Waals surface area contributed by atoms with Crippen molar-refractivity contribution in [2.45, 2.75) is 51.0 Å². The first-order valence-electron chi connectivity index (χ1n) is 11.5. The van der Waals surface area contributed by atoms with Crippen LogP contribution in [0.4, 0.5) is 23.4 Å². The molecule has 1 atom stereocenters. The van der Waals surface area contributed by atoms with E-state index in [2.05, 4.69) is 15.8 Å². The Kier molecular flexibility index (Phi) is 7.90. The van der Waals surface area contributed by atoms with Gasteiger partial charge in [-0.15, -0.1) is 0 Å². The number of hydrogen-bond donors (Lipinski definition) is 2. The SMILES string of the molecule is CC1(CCCNNc2ncc(Cl)cc2C(F)(F)F)CCc2cc(OCc3ccc(F)cc3)ccc2O1. The van der Waals surface area contributed by atoms with Gasteiger partial charge in [-0.25, -0.2) is 14.8 Å². The summed E-state index contributed by atoms with van der Waals surface area (Å²) >= 11 is 5.66. The summed E-state index contributed by atoms with van der Waals surface area (Å²) in [6.07, 6.45) is -0.406. The fourth-order valence-electron chi connectivity index (χ4n) is 4.03. The highest BCUT2D eigenvalue weighted by atomic mass is 35.5. The number of anilines is 1. The molecular formula is C26H26ClF4N3O2. The highest BCUT2D eigenvalue weighted by Crippen LogP contribution is 2.38. The van der Waals surface area contributed by atoms with Crippen molar-refractivity contribution in [3.8, 4) is 11.5 Å². The second-order valence-corrected chi connectivity index (χ2v) is 9.38. The van der Waals surface area contributed by atoms with Crippen LogP contribution in [0.2, 0.25) is 5.02 Å². The van der Waals surface area contributed by atoms with Crippen molar-refractivity contribution in [1.29, 1.82) is 0 Å². The fraction of sp³-hybridized carbons (Fsp3) is 0.346. The second-order valence-electron chi connectivity index (χ2n) is 8.94. The Morgan fingerprint density at radius 1 is 1.14 bits per heavy atom. The molecule has 0 fully saturated rings. The number of pyridine rings is 1. The van der Waals surface area contributed by atoms with Crippen molar-refractivity contribution in [3.63, 3.8) is 0 Å². The maximum atomic E-state index is 13.2. The van der Waals surface area contributed by atoms with Gasteiger partial charge in [-0.1, -0.05) is 23.7 Å². The molecule has 3 aromatic rings. The summed E-state index contributed by atoms with van der Waals surface area (Å²) in [7, 11) is 0. The van der Waals surface area contributed by atoms with Crippen LogP contribution in [0.15, 0.2) is 54.7 Å². The van der Waals surface area contributed by atoms with Crippen molar-refractivity contribution in [2.24, 2.45) is 0 Å². The monoisotopic (exact) mass is 523 g/mol. The van der Waals surface area contributed by atoms with Gasteiger partial charge in [0.1, 0.15) is 35.1 Å². The summed E-state index contributed by atoms with van der Waals surface area (Å²) in [4.78, 5) is 3.74. The molecule has 2 aromatic carbocycles. The average Bonchev–Trinajstić information content (AvgIpc) is 2.83. The first-order valence-corrected chi connectivity index (χ1v) is 11.9. The smallest absolute Gasteiger partial charge is 0.420 e. The number of alkyl halides is 3. The van der Waals surface area contributed by atoms with Crippen molar-refractivity contribution < 1.29 is 27.0 Å². The van der Waals surface area contributed by atoms with Gasteiger partial charge in [0.2, 0.25) is 0 Å². The third kappa shape index (κ3) is 6.79. The topological polar surface area (TPSA) is 55.4 Å². The van der Waals surface area contributed by atoms with E-state index in [4.69, 9.17) is 21.1 Å². The van der Waals surface area contributed by atoms with Crippen molar-refractivity contribution >= 4 is 17.4 Å². The largest absolute Gasteiger partial charge is 0.489 e. The maximum Gasteiger partial charge on any atom is 0.420 e. The summed E-state index contributed by atoms with van der Waals surface area (Å²) in [5, 5.41) is -0.0814. The van der Waals surface area contributed by atoms with E-state index in [-0.39, 0.29) is 22.3 Å². The molecule has 2 heterocycles. The second kappa shape index (κ2) is 10.9. The van der Waals surface area contributed by atoms with E-state index in [9.17, 15) is 17.6 Å². The van der Waals surface area contributed by atoms with Crippen LogP contribution in [-0.4, -0.2) is 17.1 Å². The van der Waals surface area contributed by atoms with Gasteiger partial charge in [0.25, 0.3) is 0 Å². The third-order valence-corrected chi connectivity index (χ3v) is 6.21. The van der Waals surface area contributed by atoms with Crippen molar-refractivity contribution in [1.82, 2.24) is 10.4 Å². The van der Waals surface area contributed by atoms with Crippen LogP contribution in [0.5, 0.6) is 11.5 Å². The minimum absolute atomic E-state index is 0.0814. The Morgan fingerprint density at radius 2 is 1.92 bits per heavy atom. The molecule has 5 nitrogen and oxygen atoms in total. The van der Waals surface area contributed by atoms with E-state index in [1.807, 2.05) is 25.1 Å². The molecule has 0 saturated heterocycles. The van der Waals surface area contributed by atoms with Crippen LogP contribution in [0, 0.1) is 5.82 Å². The number of ether oxygens (including phenoxy) is 2. The summed E-state index contributed by atoms with van der Waals surface area (Å²) in [5.41, 5.74) is 5.95. The van der Waals surface area contributed by atoms with Crippen LogP contribution < -0.4 is 20.3 Å². The molecule has 192 valence electrons. The van der Waals surface area contributed by atoms with E-state index in [0.29, 0.717) is 26.0 Å². The predicted octanol–water partition coefficient (Wildman–Crippen LogP) is 6.95.